The first kappa shape index (κ1) is 34.5. The Kier molecular flexibility index (Phi) is 8.32. The molecule has 55 heavy (non-hydrogen) atoms. The number of hydrogen-bond donors (Lipinski definition) is 2. The summed E-state index contributed by atoms with van der Waals surface area (Å²) < 4.78 is 36.2. The molecule has 0 radical (unpaired) electrons. The van der Waals surface area contributed by atoms with Crippen molar-refractivity contribution in [2.75, 3.05) is 37.6 Å². The average molecular weight is 754 g/mol. The highest BCUT2D eigenvalue weighted by Gasteiger charge is 2.35. The highest BCUT2D eigenvalue weighted by atomic mass is 19.3. The number of piperidine rings is 2. The first-order chi connectivity index (χ1) is 26.5. The summed E-state index contributed by atoms with van der Waals surface area (Å²) in [5.74, 6) is -0.978. The lowest BCUT2D eigenvalue weighted by Gasteiger charge is -2.44. The number of imidazole rings is 1. The summed E-state index contributed by atoms with van der Waals surface area (Å²) in [5, 5.41) is 19.3. The van der Waals surface area contributed by atoms with Crippen LogP contribution in [0.1, 0.15) is 60.2 Å². The van der Waals surface area contributed by atoms with Crippen molar-refractivity contribution in [1.29, 1.82) is 0 Å². The topological polar surface area (TPSA) is 188 Å². The molecule has 0 aliphatic carbocycles. The van der Waals surface area contributed by atoms with Crippen molar-refractivity contribution in [1.82, 2.24) is 53.7 Å². The number of benzene rings is 1. The SMILES string of the molecule is Cn1c(=O)n(C2CCC(=O)NC2=O)c2cccc(N3CC(CN4CCC(n5cc(-n6cc(-c7ccc8cc(C(N)=O)cnn78)nn6)c(C(F)F)n5)CC4)C3)c21. The second-order valence-corrected chi connectivity index (χ2v) is 14.5. The molecule has 0 bridgehead atoms. The van der Waals surface area contributed by atoms with Crippen LogP contribution in [0.25, 0.3) is 33.6 Å². The van der Waals surface area contributed by atoms with Gasteiger partial charge in [0.2, 0.25) is 17.7 Å². The molecule has 17 nitrogen and oxygen atoms in total. The van der Waals surface area contributed by atoms with E-state index < -0.39 is 24.3 Å². The largest absolute Gasteiger partial charge is 0.369 e. The molecular formula is C36H37F2N13O4. The van der Waals surface area contributed by atoms with E-state index in [2.05, 4.69) is 35.6 Å². The lowest BCUT2D eigenvalue weighted by molar-refractivity contribution is -0.135. The van der Waals surface area contributed by atoms with Gasteiger partial charge in [-0.2, -0.15) is 10.2 Å². The van der Waals surface area contributed by atoms with E-state index in [4.69, 9.17) is 5.73 Å². The maximum atomic E-state index is 14.3. The fourth-order valence-electron chi connectivity index (χ4n) is 8.26. The maximum absolute atomic E-state index is 14.3. The summed E-state index contributed by atoms with van der Waals surface area (Å²) in [6.07, 6.45) is 3.65. The van der Waals surface area contributed by atoms with Gasteiger partial charge in [-0.15, -0.1) is 5.10 Å². The van der Waals surface area contributed by atoms with Crippen LogP contribution >= 0.6 is 0 Å². The Morgan fingerprint density at radius 3 is 2.58 bits per heavy atom. The van der Waals surface area contributed by atoms with Crippen LogP contribution in [0.15, 0.2) is 59.8 Å². The molecule has 6 aromatic rings. The molecule has 1 aromatic carbocycles. The third-order valence-electron chi connectivity index (χ3n) is 11.1. The van der Waals surface area contributed by atoms with E-state index in [0.29, 0.717) is 28.3 Å². The van der Waals surface area contributed by atoms with Crippen molar-refractivity contribution in [3.8, 4) is 17.1 Å². The molecule has 1 atom stereocenters. The molecule has 284 valence electrons. The molecule has 3 N–H and O–H groups in total. The minimum Gasteiger partial charge on any atom is -0.369 e. The van der Waals surface area contributed by atoms with Gasteiger partial charge < -0.3 is 15.5 Å². The minimum atomic E-state index is -2.82. The zero-order chi connectivity index (χ0) is 38.1. The summed E-state index contributed by atoms with van der Waals surface area (Å²) in [6, 6.07) is 10.0. The number of anilines is 1. The second kappa shape index (κ2) is 13.3. The number of para-hydroxylation sites is 1. The zero-order valence-electron chi connectivity index (χ0n) is 29.8. The third kappa shape index (κ3) is 5.94. The molecule has 3 aliphatic heterocycles. The number of nitrogens with one attached hydrogen (secondary N) is 1. The van der Waals surface area contributed by atoms with Crippen molar-refractivity contribution in [3.05, 3.63) is 76.7 Å². The van der Waals surface area contributed by atoms with Crippen LogP contribution in [0.4, 0.5) is 14.5 Å². The number of rotatable bonds is 9. The van der Waals surface area contributed by atoms with E-state index in [0.717, 1.165) is 56.8 Å². The highest BCUT2D eigenvalue weighted by Crippen LogP contribution is 2.35. The quantitative estimate of drug-likeness (QED) is 0.207. The number of halogens is 2. The predicted molar refractivity (Wildman–Crippen MR) is 194 cm³/mol. The van der Waals surface area contributed by atoms with Gasteiger partial charge in [-0.05, 0) is 49.6 Å². The molecule has 1 unspecified atom stereocenters. The number of amides is 3. The van der Waals surface area contributed by atoms with E-state index in [1.807, 2.05) is 18.2 Å². The summed E-state index contributed by atoms with van der Waals surface area (Å²) in [6.45, 7) is 4.08. The van der Waals surface area contributed by atoms with Crippen molar-refractivity contribution >= 4 is 40.0 Å². The lowest BCUT2D eigenvalue weighted by Crippen LogP contribution is -2.52. The Morgan fingerprint density at radius 1 is 1.04 bits per heavy atom. The fraction of sp³-hybridized carbons (Fsp3) is 0.389. The van der Waals surface area contributed by atoms with E-state index in [1.54, 1.807) is 51.4 Å². The Hall–Kier alpha value is -6.24. The number of fused-ring (bicyclic) bond motifs is 2. The summed E-state index contributed by atoms with van der Waals surface area (Å²) in [4.78, 5) is 54.0. The van der Waals surface area contributed by atoms with E-state index in [9.17, 15) is 28.0 Å². The summed E-state index contributed by atoms with van der Waals surface area (Å²) >= 11 is 0. The van der Waals surface area contributed by atoms with E-state index >= 15 is 0 Å². The highest BCUT2D eigenvalue weighted by molar-refractivity contribution is 6.00. The molecule has 19 heteroatoms. The number of alkyl halides is 2. The molecule has 3 amide bonds. The average Bonchev–Trinajstić information content (AvgIpc) is 3.95. The van der Waals surface area contributed by atoms with Gasteiger partial charge in [-0.1, -0.05) is 11.3 Å². The number of aryl methyl sites for hydroxylation is 1. The first-order valence-electron chi connectivity index (χ1n) is 18.1. The maximum Gasteiger partial charge on any atom is 0.329 e. The Bertz CT molecular complexity index is 2550. The number of primary amides is 1. The molecule has 3 fully saturated rings. The molecular weight excluding hydrogens is 716 g/mol. The number of imide groups is 1. The smallest absolute Gasteiger partial charge is 0.329 e. The van der Waals surface area contributed by atoms with Crippen LogP contribution in [0.3, 0.4) is 0 Å². The Morgan fingerprint density at radius 2 is 1.84 bits per heavy atom. The Balaban J connectivity index is 0.845. The van der Waals surface area contributed by atoms with Crippen LogP contribution in [-0.4, -0.2) is 98.9 Å². The van der Waals surface area contributed by atoms with Gasteiger partial charge in [-0.3, -0.25) is 33.5 Å². The van der Waals surface area contributed by atoms with Crippen LogP contribution < -0.4 is 21.6 Å². The first-order valence-corrected chi connectivity index (χ1v) is 18.1. The molecule has 3 aliphatic rings. The lowest BCUT2D eigenvalue weighted by atomic mass is 9.96. The van der Waals surface area contributed by atoms with Gasteiger partial charge in [0.1, 0.15) is 17.4 Å². The van der Waals surface area contributed by atoms with Crippen LogP contribution in [-0.2, 0) is 16.6 Å². The number of nitrogens with two attached hydrogens (primary N) is 1. The van der Waals surface area contributed by atoms with Crippen molar-refractivity contribution in [3.63, 3.8) is 0 Å². The number of hydrogen-bond acceptors (Lipinski definition) is 10. The standard InChI is InChI=1S/C36H37F2N13O4/c1-45-32-26(3-2-4-27(32)50(36(45)55)28-7-8-30(52)41-35(28)54)47-16-20(17-47)15-46-11-9-22(10-12-46)48-19-29(31(43-48)33(37)38)49-18-24(42-44-49)25-6-5-23-13-21(34(39)53)14-40-51(23)25/h2-6,13-14,18-20,22,28,33H,7-12,15-17H2,1H3,(H2,39,53)(H,41,52,54). The summed E-state index contributed by atoms with van der Waals surface area (Å²) in [7, 11) is 1.71. The molecule has 9 rings (SSSR count). The van der Waals surface area contributed by atoms with Gasteiger partial charge in [0, 0.05) is 52.1 Å². The predicted octanol–water partition coefficient (Wildman–Crippen LogP) is 2.22. The van der Waals surface area contributed by atoms with Gasteiger partial charge in [0.15, 0.2) is 5.69 Å². The normalized spacial score (nSPS) is 18.8. The van der Waals surface area contributed by atoms with Crippen molar-refractivity contribution in [2.45, 2.75) is 44.2 Å². The minimum absolute atomic E-state index is 0.0612. The van der Waals surface area contributed by atoms with Crippen LogP contribution in [0.5, 0.6) is 0 Å². The molecule has 0 saturated carbocycles. The molecule has 5 aromatic heterocycles. The second-order valence-electron chi connectivity index (χ2n) is 14.5. The van der Waals surface area contributed by atoms with Gasteiger partial charge >= 0.3 is 5.69 Å². The van der Waals surface area contributed by atoms with E-state index in [-0.39, 0.29) is 47.4 Å². The number of nitrogens with zero attached hydrogens (tertiary/aromatic N) is 11. The van der Waals surface area contributed by atoms with Gasteiger partial charge in [0.05, 0.1) is 58.1 Å². The number of carbonyl (C=O) groups is 3. The van der Waals surface area contributed by atoms with Crippen molar-refractivity contribution in [2.24, 2.45) is 18.7 Å². The number of aromatic nitrogens is 9. The Labute approximate surface area is 310 Å². The van der Waals surface area contributed by atoms with Crippen LogP contribution in [0, 0.1) is 5.92 Å². The molecule has 0 spiro atoms. The fourth-order valence-corrected chi connectivity index (χ4v) is 8.26. The van der Waals surface area contributed by atoms with Gasteiger partial charge in [0.25, 0.3) is 6.43 Å². The van der Waals surface area contributed by atoms with Gasteiger partial charge in [-0.25, -0.2) is 22.8 Å². The summed E-state index contributed by atoms with van der Waals surface area (Å²) in [5.41, 5.74) is 9.06. The van der Waals surface area contributed by atoms with Crippen molar-refractivity contribution < 1.29 is 23.2 Å². The molecule has 8 heterocycles. The van der Waals surface area contributed by atoms with E-state index in [1.165, 1.54) is 15.4 Å². The number of likely N-dealkylation sites (tertiary alicyclic amines) is 1. The molecule has 3 saturated heterocycles. The number of carbonyl (C=O) groups excluding carboxylic acids is 3. The van der Waals surface area contributed by atoms with Crippen LogP contribution in [0.2, 0.25) is 0 Å². The third-order valence-corrected chi connectivity index (χ3v) is 11.1. The monoisotopic (exact) mass is 753 g/mol. The zero-order valence-corrected chi connectivity index (χ0v) is 29.8.